The van der Waals surface area contributed by atoms with Crippen molar-refractivity contribution in [2.75, 3.05) is 4.90 Å². The molecule has 0 amide bonds. The molecule has 2 aliphatic heterocycles. The fraction of sp³-hybridized carbons (Fsp3) is 0.625. The van der Waals surface area contributed by atoms with Crippen LogP contribution in [-0.4, -0.2) is 29.1 Å². The molecule has 4 saturated carbocycles. The molecule has 2 saturated heterocycles. The van der Waals surface area contributed by atoms with Gasteiger partial charge in [-0.15, -0.1) is 0 Å². The van der Waals surface area contributed by atoms with Crippen LogP contribution < -0.4 is 4.90 Å². The van der Waals surface area contributed by atoms with Gasteiger partial charge >= 0.3 is 0 Å². The molecule has 7 aliphatic carbocycles. The van der Waals surface area contributed by atoms with E-state index in [1.807, 2.05) is 0 Å². The number of benzene rings is 1. The van der Waals surface area contributed by atoms with Crippen molar-refractivity contribution < 1.29 is 38.4 Å². The molecule has 50 heavy (non-hydrogen) atoms. The van der Waals surface area contributed by atoms with E-state index >= 15 is 0 Å². The van der Waals surface area contributed by atoms with Crippen LogP contribution in [-0.2, 0) is 0 Å². The average Bonchev–Trinajstić information content (AvgIpc) is 4.15. The fourth-order valence-electron chi connectivity index (χ4n) is 9.47. The Labute approximate surface area is 342 Å². The molecule has 10 rings (SSSR count). The lowest BCUT2D eigenvalue weighted by molar-refractivity contribution is 0.0903. The van der Waals surface area contributed by atoms with Crippen LogP contribution >= 0.6 is 0 Å². The van der Waals surface area contributed by atoms with Crippen molar-refractivity contribution in [2.24, 2.45) is 41.4 Å². The molecule has 0 aromatic heterocycles. The van der Waals surface area contributed by atoms with Gasteiger partial charge < -0.3 is 9.80 Å². The molecule has 264 valence electrons. The number of anilines is 1. The fourth-order valence-corrected chi connectivity index (χ4v) is 9.47. The molecule has 0 radical (unpaired) electrons. The van der Waals surface area contributed by atoms with Crippen molar-refractivity contribution in [1.82, 2.24) is 4.90 Å². The SMILES string of the molecule is [2H]C1=CC2C(C([2H])=C1[2H])C1C([2H])C(C3C([2H])C([2H])C4C(C3[2H])C3C([2H])C([2H])C([2H])CC3N4C3=C([2H])C([2H])CC([2H])=C3[2H])C([2H])C([2H])C1N2c1c([2H])c([2H])c(C2=C([2H])C(C3CC([2H])C([2H])C([2H])C3[2H])=C([2H])C([2H])C2[2H])c([2H])c1[2H]. The van der Waals surface area contributed by atoms with E-state index in [0.29, 0.717) is 0 Å². The topological polar surface area (TPSA) is 6.48 Å². The van der Waals surface area contributed by atoms with E-state index in [1.54, 1.807) is 0 Å². The molecule has 2 nitrogen and oxygen atoms in total. The Morgan fingerprint density at radius 3 is 2.42 bits per heavy atom. The zero-order chi connectivity index (χ0) is 57.4. The minimum atomic E-state index is -1.83. The van der Waals surface area contributed by atoms with Crippen molar-refractivity contribution in [3.8, 4) is 0 Å². The molecule has 9 aliphatic rings. The molecule has 2 heterocycles. The standard InChI is InChI=1S/C48H62N2/c1-3-12-33(13-4-1)35-14-11-15-36(30-35)34-22-26-40(27-23-34)50-46-21-10-8-19-42(46)44-32-38(25-29-48(44)50)37-24-28-47-43(31-37)41-18-7-9-20-45(41)49(47)39-16-5-2-6-17-39/h5,8,10,14,16-17,19,21-23,26-27,30,33,37-38,41-48H,1-4,6-7,9,11-13,15,18,20,24-25,28-29,31-32H2/i1D,3D,4D,5D,6D,7D,8D,9D,10D,11D,12D,14D,15D,16D,17D,18D,19D,22D,23D,24D,25D,26D,27D,28D,29D,30D,31D,32D. The van der Waals surface area contributed by atoms with Gasteiger partial charge in [0, 0.05) is 57.4 Å². The molecule has 27 atom stereocenters. The minimum Gasteiger partial charge on any atom is -0.365 e. The quantitative estimate of drug-likeness (QED) is 0.303. The third-order valence-corrected chi connectivity index (χ3v) is 11.7. The zero-order valence-corrected chi connectivity index (χ0v) is 27.7. The van der Waals surface area contributed by atoms with Gasteiger partial charge in [-0.25, -0.2) is 0 Å². The van der Waals surface area contributed by atoms with Gasteiger partial charge in [-0.3, -0.25) is 0 Å². The summed E-state index contributed by atoms with van der Waals surface area (Å²) in [5, 5.41) is 0. The van der Waals surface area contributed by atoms with Crippen LogP contribution in [0.25, 0.3) is 5.57 Å². The highest BCUT2D eigenvalue weighted by molar-refractivity contribution is 5.71. The maximum Gasteiger partial charge on any atom is 0.0645 e. The Morgan fingerprint density at radius 1 is 0.700 bits per heavy atom. The van der Waals surface area contributed by atoms with Gasteiger partial charge in [0.15, 0.2) is 0 Å². The normalized spacial score (nSPS) is 73.8. The Morgan fingerprint density at radius 2 is 1.52 bits per heavy atom. The Balaban J connectivity index is 1.07. The number of allylic oxidation sites excluding steroid dienone is 9. The van der Waals surface area contributed by atoms with Crippen LogP contribution in [0.4, 0.5) is 5.69 Å². The highest BCUT2D eigenvalue weighted by atomic mass is 15.2. The van der Waals surface area contributed by atoms with E-state index in [-0.39, 0.29) is 48.7 Å². The smallest absolute Gasteiger partial charge is 0.0645 e. The Hall–Kier alpha value is -2.74. The van der Waals surface area contributed by atoms with Crippen LogP contribution in [0.15, 0.2) is 89.9 Å². The van der Waals surface area contributed by atoms with Crippen LogP contribution in [0.3, 0.4) is 0 Å². The first kappa shape index (κ1) is 14.2. The van der Waals surface area contributed by atoms with Crippen molar-refractivity contribution >= 4 is 11.3 Å². The summed E-state index contributed by atoms with van der Waals surface area (Å²) in [4.78, 5) is 2.78. The summed E-state index contributed by atoms with van der Waals surface area (Å²) in [6.45, 7) is 0. The molecule has 27 unspecified atom stereocenters. The van der Waals surface area contributed by atoms with Crippen LogP contribution in [0.2, 0.25) is 0 Å². The van der Waals surface area contributed by atoms with Crippen molar-refractivity contribution in [3.05, 3.63) is 95.5 Å². The van der Waals surface area contributed by atoms with Gasteiger partial charge in [0.1, 0.15) is 0 Å². The van der Waals surface area contributed by atoms with Crippen LogP contribution in [0, 0.1) is 41.4 Å². The van der Waals surface area contributed by atoms with E-state index < -0.39 is 239 Å². The zero-order valence-electron chi connectivity index (χ0n) is 55.7. The summed E-state index contributed by atoms with van der Waals surface area (Å²) in [5.41, 5.74) is -1.97. The van der Waals surface area contributed by atoms with Gasteiger partial charge in [0.25, 0.3) is 0 Å². The number of hydrogen-bond donors (Lipinski definition) is 0. The van der Waals surface area contributed by atoms with Gasteiger partial charge in [0.2, 0.25) is 0 Å². The van der Waals surface area contributed by atoms with Gasteiger partial charge in [-0.1, -0.05) is 92.5 Å². The summed E-state index contributed by atoms with van der Waals surface area (Å²) in [6.07, 6.45) is -22.8. The van der Waals surface area contributed by atoms with Gasteiger partial charge in [0.05, 0.1) is 22.5 Å². The maximum atomic E-state index is 10.2. The number of nitrogens with zero attached hydrogens (tertiary/aromatic N) is 2. The second-order valence-corrected chi connectivity index (χ2v) is 14.4. The molecule has 2 heteroatoms. The summed E-state index contributed by atoms with van der Waals surface area (Å²) >= 11 is 0. The summed E-state index contributed by atoms with van der Waals surface area (Å²) in [5.74, 6) is -8.59. The first-order valence-electron chi connectivity index (χ1n) is 33.3. The second-order valence-electron chi connectivity index (χ2n) is 14.4. The number of rotatable bonds is 5. The van der Waals surface area contributed by atoms with E-state index in [2.05, 4.69) is 0 Å². The highest BCUT2D eigenvalue weighted by Crippen LogP contribution is 2.56. The lowest BCUT2D eigenvalue weighted by Gasteiger charge is -2.45. The molecular weight excluding hydrogens is 605 g/mol. The van der Waals surface area contributed by atoms with Crippen molar-refractivity contribution in [2.45, 2.75) is 146 Å². The van der Waals surface area contributed by atoms with E-state index in [0.717, 1.165) is 0 Å². The molecule has 6 fully saturated rings. The number of hydrogen-bond acceptors (Lipinski definition) is 2. The molecule has 1 aromatic carbocycles. The lowest BCUT2D eigenvalue weighted by Crippen LogP contribution is -2.43. The van der Waals surface area contributed by atoms with E-state index in [4.69, 9.17) is 20.6 Å². The lowest BCUT2D eigenvalue weighted by atomic mass is 9.62. The summed E-state index contributed by atoms with van der Waals surface area (Å²) in [6, 6.07) is -11.7. The maximum absolute atomic E-state index is 10.2. The number of fused-ring (bicyclic) bond motifs is 6. The monoisotopic (exact) mass is 695 g/mol. The summed E-state index contributed by atoms with van der Waals surface area (Å²) in [7, 11) is 0. The van der Waals surface area contributed by atoms with Crippen LogP contribution in [0.1, 0.15) is 166 Å². The molecule has 0 spiro atoms. The minimum absolute atomic E-state index is 0.0745. The number of likely N-dealkylation sites (tertiary alicyclic amines) is 1. The Bertz CT molecular complexity index is 2810. The molecular formula is C48H62N2. The summed E-state index contributed by atoms with van der Waals surface area (Å²) < 4.78 is 257. The third kappa shape index (κ3) is 5.65. The molecule has 0 N–H and O–H groups in total. The third-order valence-electron chi connectivity index (χ3n) is 11.7. The largest absolute Gasteiger partial charge is 0.365 e. The van der Waals surface area contributed by atoms with E-state index in [9.17, 15) is 17.8 Å². The predicted octanol–water partition coefficient (Wildman–Crippen LogP) is 12.0. The highest BCUT2D eigenvalue weighted by Gasteiger charge is 2.54. The van der Waals surface area contributed by atoms with Crippen molar-refractivity contribution in [3.63, 3.8) is 0 Å². The second kappa shape index (κ2) is 13.7. The average molecular weight is 695 g/mol. The first-order valence-corrected chi connectivity index (χ1v) is 18.0. The van der Waals surface area contributed by atoms with E-state index in [1.165, 1.54) is 15.9 Å². The van der Waals surface area contributed by atoms with Crippen LogP contribution in [0.5, 0.6) is 0 Å². The Kier molecular flexibility index (Phi) is 3.89. The predicted molar refractivity (Wildman–Crippen MR) is 210 cm³/mol. The molecule has 1 aromatic rings. The first-order chi connectivity index (χ1) is 36.4. The molecule has 0 bridgehead atoms. The van der Waals surface area contributed by atoms with Gasteiger partial charge in [-0.2, -0.15) is 0 Å². The van der Waals surface area contributed by atoms with Gasteiger partial charge in [-0.05, 0) is 160 Å². The van der Waals surface area contributed by atoms with Crippen molar-refractivity contribution in [1.29, 1.82) is 0 Å².